The van der Waals surface area contributed by atoms with Gasteiger partial charge in [-0.05, 0) is 36.3 Å². The van der Waals surface area contributed by atoms with Crippen LogP contribution in [0.5, 0.6) is 11.5 Å². The molecule has 2 aliphatic heterocycles. The van der Waals surface area contributed by atoms with Crippen molar-refractivity contribution in [2.24, 2.45) is 0 Å². The van der Waals surface area contributed by atoms with Gasteiger partial charge in [-0.1, -0.05) is 17.7 Å². The van der Waals surface area contributed by atoms with Gasteiger partial charge in [0.25, 0.3) is 5.91 Å². The van der Waals surface area contributed by atoms with Crippen LogP contribution in [0.4, 0.5) is 0 Å². The van der Waals surface area contributed by atoms with Gasteiger partial charge in [0, 0.05) is 48.4 Å². The average Bonchev–Trinajstić information content (AvgIpc) is 3.03. The van der Waals surface area contributed by atoms with Crippen molar-refractivity contribution in [3.63, 3.8) is 0 Å². The first kappa shape index (κ1) is 18.1. The number of carbonyl (C=O) groups is 1. The maximum Gasteiger partial charge on any atom is 0.254 e. The van der Waals surface area contributed by atoms with E-state index in [0.717, 1.165) is 29.4 Å². The number of hydrogen-bond acceptors (Lipinski definition) is 4. The van der Waals surface area contributed by atoms with Crippen molar-refractivity contribution in [1.82, 2.24) is 14.9 Å². The number of amides is 1. The van der Waals surface area contributed by atoms with Crippen molar-refractivity contribution in [1.29, 1.82) is 0 Å². The molecule has 0 atom stereocenters. The summed E-state index contributed by atoms with van der Waals surface area (Å²) in [6.45, 7) is 2.30. The molecule has 7 heteroatoms. The van der Waals surface area contributed by atoms with E-state index in [-0.39, 0.29) is 5.91 Å². The van der Waals surface area contributed by atoms with Crippen molar-refractivity contribution in [2.75, 3.05) is 26.3 Å². The van der Waals surface area contributed by atoms with Gasteiger partial charge in [-0.15, -0.1) is 0 Å². The summed E-state index contributed by atoms with van der Waals surface area (Å²) in [5.41, 5.74) is 3.78. The molecule has 1 amide bonds. The molecule has 0 saturated carbocycles. The first-order chi connectivity index (χ1) is 14.2. The minimum absolute atomic E-state index is 0.0570. The summed E-state index contributed by atoms with van der Waals surface area (Å²) < 4.78 is 11.4. The van der Waals surface area contributed by atoms with Crippen LogP contribution in [0.15, 0.2) is 42.7 Å². The lowest BCUT2D eigenvalue weighted by atomic mass is 9.99. The van der Waals surface area contributed by atoms with Crippen molar-refractivity contribution >= 4 is 34.1 Å². The Morgan fingerprint density at radius 1 is 1.24 bits per heavy atom. The van der Waals surface area contributed by atoms with Gasteiger partial charge in [0.1, 0.15) is 5.65 Å². The van der Waals surface area contributed by atoms with Crippen molar-refractivity contribution < 1.29 is 14.3 Å². The van der Waals surface area contributed by atoms with E-state index >= 15 is 0 Å². The fraction of sp³-hybridized carbons (Fsp3) is 0.273. The van der Waals surface area contributed by atoms with E-state index in [1.807, 2.05) is 17.2 Å². The Kier molecular flexibility index (Phi) is 4.64. The highest BCUT2D eigenvalue weighted by molar-refractivity contribution is 6.32. The molecule has 0 bridgehead atoms. The van der Waals surface area contributed by atoms with Crippen LogP contribution in [0.1, 0.15) is 28.8 Å². The quantitative estimate of drug-likeness (QED) is 0.685. The monoisotopic (exact) mass is 409 g/mol. The normalized spacial score (nSPS) is 16.4. The fourth-order valence-corrected chi connectivity index (χ4v) is 4.12. The number of benzene rings is 1. The molecule has 2 aliphatic rings. The zero-order valence-electron chi connectivity index (χ0n) is 15.8. The van der Waals surface area contributed by atoms with Crippen molar-refractivity contribution in [3.8, 4) is 11.5 Å². The average molecular weight is 410 g/mol. The Morgan fingerprint density at radius 2 is 2.14 bits per heavy atom. The Hall–Kier alpha value is -2.99. The summed E-state index contributed by atoms with van der Waals surface area (Å²) in [6, 6.07) is 7.40. The molecule has 148 valence electrons. The molecular weight excluding hydrogens is 390 g/mol. The van der Waals surface area contributed by atoms with Crippen LogP contribution < -0.4 is 9.47 Å². The van der Waals surface area contributed by atoms with Crippen LogP contribution in [0.2, 0.25) is 5.02 Å². The third-order valence-corrected chi connectivity index (χ3v) is 5.62. The number of nitrogens with zero attached hydrogens (tertiary/aromatic N) is 2. The molecule has 0 fully saturated rings. The van der Waals surface area contributed by atoms with Crippen LogP contribution in [-0.4, -0.2) is 47.1 Å². The number of aromatic nitrogens is 2. The lowest BCUT2D eigenvalue weighted by Gasteiger charge is -2.27. The summed E-state index contributed by atoms with van der Waals surface area (Å²) in [5, 5.41) is 1.51. The van der Waals surface area contributed by atoms with E-state index in [1.54, 1.807) is 18.3 Å². The molecule has 0 aliphatic carbocycles. The third kappa shape index (κ3) is 3.34. The zero-order valence-corrected chi connectivity index (χ0v) is 16.5. The second-order valence-electron chi connectivity index (χ2n) is 7.17. The van der Waals surface area contributed by atoms with Gasteiger partial charge >= 0.3 is 0 Å². The molecule has 0 saturated heterocycles. The minimum atomic E-state index is -0.0570. The van der Waals surface area contributed by atoms with Crippen LogP contribution in [0.3, 0.4) is 0 Å². The first-order valence-electron chi connectivity index (χ1n) is 9.70. The highest BCUT2D eigenvalue weighted by Crippen LogP contribution is 2.38. The smallest absolute Gasteiger partial charge is 0.254 e. The molecule has 5 rings (SSSR count). The summed E-state index contributed by atoms with van der Waals surface area (Å²) in [5.74, 6) is 1.01. The lowest BCUT2D eigenvalue weighted by molar-refractivity contribution is 0.0772. The van der Waals surface area contributed by atoms with E-state index in [0.29, 0.717) is 48.4 Å². The van der Waals surface area contributed by atoms with Gasteiger partial charge in [0.15, 0.2) is 11.5 Å². The van der Waals surface area contributed by atoms with Gasteiger partial charge in [-0.2, -0.15) is 0 Å². The molecule has 1 N–H and O–H groups in total. The van der Waals surface area contributed by atoms with Crippen LogP contribution >= 0.6 is 11.6 Å². The minimum Gasteiger partial charge on any atom is -0.489 e. The lowest BCUT2D eigenvalue weighted by Crippen LogP contribution is -2.34. The highest BCUT2D eigenvalue weighted by Gasteiger charge is 2.24. The van der Waals surface area contributed by atoms with Crippen LogP contribution in [0, 0.1) is 0 Å². The van der Waals surface area contributed by atoms with Gasteiger partial charge in [0.05, 0.1) is 18.2 Å². The zero-order chi connectivity index (χ0) is 19.8. The number of H-pyrrole nitrogens is 1. The van der Waals surface area contributed by atoms with E-state index in [9.17, 15) is 4.79 Å². The topological polar surface area (TPSA) is 67.5 Å². The number of ether oxygens (including phenoxy) is 2. The maximum absolute atomic E-state index is 13.1. The third-order valence-electron chi connectivity index (χ3n) is 5.34. The maximum atomic E-state index is 13.1. The molecule has 0 radical (unpaired) electrons. The number of nitrogens with one attached hydrogen (secondary N) is 1. The number of halogens is 1. The predicted molar refractivity (Wildman–Crippen MR) is 112 cm³/mol. The summed E-state index contributed by atoms with van der Waals surface area (Å²) in [4.78, 5) is 22.4. The number of fused-ring (bicyclic) bond motifs is 2. The number of pyridine rings is 1. The first-order valence-corrected chi connectivity index (χ1v) is 10.1. The Balaban J connectivity index is 1.37. The van der Waals surface area contributed by atoms with Gasteiger partial charge in [0.2, 0.25) is 0 Å². The summed E-state index contributed by atoms with van der Waals surface area (Å²) in [7, 11) is 0. The van der Waals surface area contributed by atoms with Crippen LogP contribution in [-0.2, 0) is 0 Å². The van der Waals surface area contributed by atoms with Gasteiger partial charge in [-0.3, -0.25) is 4.79 Å². The Morgan fingerprint density at radius 3 is 3.00 bits per heavy atom. The SMILES string of the molecule is O=C(c1cc(Cl)c2c(c1)OCCCO2)N1CC=C(c2c[nH]c3ncccc23)CC1. The molecule has 6 nitrogen and oxygen atoms in total. The molecule has 2 aromatic heterocycles. The second kappa shape index (κ2) is 7.44. The standard InChI is InChI=1S/C22H20ClN3O3/c23-18-11-15(12-19-20(18)29-10-2-9-28-19)22(27)26-7-4-14(5-8-26)17-13-25-21-16(17)3-1-6-24-21/h1,3-4,6,11-13H,2,5,7-10H2,(H,24,25). The molecular formula is C22H20ClN3O3. The summed E-state index contributed by atoms with van der Waals surface area (Å²) in [6.07, 6.45) is 7.45. The predicted octanol–water partition coefficient (Wildman–Crippen LogP) is 4.31. The van der Waals surface area contributed by atoms with E-state index < -0.39 is 0 Å². The molecule has 4 heterocycles. The number of rotatable bonds is 2. The number of hydrogen-bond donors (Lipinski definition) is 1. The fourth-order valence-electron chi connectivity index (χ4n) is 3.86. The number of carbonyl (C=O) groups excluding carboxylic acids is 1. The Labute approximate surface area is 173 Å². The number of aromatic amines is 1. The van der Waals surface area contributed by atoms with Gasteiger partial charge < -0.3 is 19.4 Å². The van der Waals surface area contributed by atoms with Crippen LogP contribution in [0.25, 0.3) is 16.6 Å². The Bertz CT molecular complexity index is 1120. The molecule has 29 heavy (non-hydrogen) atoms. The molecule has 3 aromatic rings. The largest absolute Gasteiger partial charge is 0.489 e. The van der Waals surface area contributed by atoms with Crippen molar-refractivity contribution in [2.45, 2.75) is 12.8 Å². The van der Waals surface area contributed by atoms with E-state index in [1.165, 1.54) is 5.57 Å². The summed E-state index contributed by atoms with van der Waals surface area (Å²) >= 11 is 6.35. The van der Waals surface area contributed by atoms with E-state index in [2.05, 4.69) is 22.1 Å². The molecule has 0 spiro atoms. The second-order valence-corrected chi connectivity index (χ2v) is 7.58. The molecule has 1 aromatic carbocycles. The van der Waals surface area contributed by atoms with E-state index in [4.69, 9.17) is 21.1 Å². The van der Waals surface area contributed by atoms with Crippen molar-refractivity contribution in [3.05, 3.63) is 58.9 Å². The van der Waals surface area contributed by atoms with Gasteiger partial charge in [-0.25, -0.2) is 4.98 Å². The molecule has 0 unspecified atom stereocenters. The highest BCUT2D eigenvalue weighted by atomic mass is 35.5.